The number of hydrogen-bond acceptors (Lipinski definition) is 5. The number of benzene rings is 2. The molecule has 1 aromatic heterocycles. The Morgan fingerprint density at radius 3 is 2.69 bits per heavy atom. The summed E-state index contributed by atoms with van der Waals surface area (Å²) in [4.78, 5) is 16.5. The Hall–Kier alpha value is -2.51. The first-order valence-corrected chi connectivity index (χ1v) is 8.91. The highest BCUT2D eigenvalue weighted by Crippen LogP contribution is 2.23. The Morgan fingerprint density at radius 2 is 2.00 bits per heavy atom. The van der Waals surface area contributed by atoms with Crippen LogP contribution in [0.3, 0.4) is 0 Å². The normalized spacial score (nSPS) is 11.8. The first kappa shape index (κ1) is 18.3. The zero-order chi connectivity index (χ0) is 18.7. The summed E-state index contributed by atoms with van der Waals surface area (Å²) < 4.78 is 22.8. The standard InChI is InChI=1S/C18H15ClFN3O2S/c1-10-9-14(7-8-15(10)19)25-11(2)17(24)22-18-21-16(23-26-18)12-3-5-13(20)6-4-12/h3-9,11H,1-2H3,(H,21,22,23,24)/t11-/m0/s1. The minimum Gasteiger partial charge on any atom is -0.481 e. The van der Waals surface area contributed by atoms with Crippen molar-refractivity contribution in [2.75, 3.05) is 5.32 Å². The van der Waals surface area contributed by atoms with Crippen LogP contribution in [0, 0.1) is 12.7 Å². The Morgan fingerprint density at radius 1 is 1.27 bits per heavy atom. The summed E-state index contributed by atoms with van der Waals surface area (Å²) in [6.45, 7) is 3.50. The molecule has 1 N–H and O–H groups in total. The lowest BCUT2D eigenvalue weighted by molar-refractivity contribution is -0.122. The Bertz CT molecular complexity index is 930. The van der Waals surface area contributed by atoms with Crippen LogP contribution in [0.15, 0.2) is 42.5 Å². The maximum atomic E-state index is 13.0. The molecule has 0 aliphatic carbocycles. The minimum atomic E-state index is -0.728. The Kier molecular flexibility index (Phi) is 5.49. The van der Waals surface area contributed by atoms with Gasteiger partial charge in [0.1, 0.15) is 11.6 Å². The molecule has 1 atom stereocenters. The number of aromatic nitrogens is 2. The summed E-state index contributed by atoms with van der Waals surface area (Å²) in [5.74, 6) is 0.298. The molecule has 26 heavy (non-hydrogen) atoms. The van der Waals surface area contributed by atoms with E-state index in [1.165, 1.54) is 12.1 Å². The molecule has 134 valence electrons. The van der Waals surface area contributed by atoms with Crippen molar-refractivity contribution >= 4 is 34.2 Å². The van der Waals surface area contributed by atoms with Gasteiger partial charge in [-0.1, -0.05) is 11.6 Å². The van der Waals surface area contributed by atoms with Crippen LogP contribution in [-0.4, -0.2) is 21.4 Å². The molecular weight excluding hydrogens is 377 g/mol. The Balaban J connectivity index is 1.64. The van der Waals surface area contributed by atoms with Crippen molar-refractivity contribution < 1.29 is 13.9 Å². The second-order valence-corrected chi connectivity index (χ2v) is 6.75. The Labute approximate surface area is 159 Å². The molecule has 3 aromatic rings. The summed E-state index contributed by atoms with van der Waals surface area (Å²) in [5, 5.41) is 3.65. The largest absolute Gasteiger partial charge is 0.481 e. The van der Waals surface area contributed by atoms with E-state index >= 15 is 0 Å². The number of carbonyl (C=O) groups excluding carboxylic acids is 1. The van der Waals surface area contributed by atoms with Crippen LogP contribution >= 0.6 is 23.1 Å². The highest BCUT2D eigenvalue weighted by molar-refractivity contribution is 7.10. The van der Waals surface area contributed by atoms with Gasteiger partial charge in [-0.25, -0.2) is 4.39 Å². The van der Waals surface area contributed by atoms with Crippen molar-refractivity contribution in [1.82, 2.24) is 9.36 Å². The third kappa shape index (κ3) is 4.36. The predicted octanol–water partition coefficient (Wildman–Crippen LogP) is 4.71. The van der Waals surface area contributed by atoms with Crippen LogP contribution < -0.4 is 10.1 Å². The molecule has 0 fully saturated rings. The van der Waals surface area contributed by atoms with Gasteiger partial charge in [0, 0.05) is 22.1 Å². The number of rotatable bonds is 5. The summed E-state index contributed by atoms with van der Waals surface area (Å²) in [6.07, 6.45) is -0.728. The van der Waals surface area contributed by atoms with E-state index in [2.05, 4.69) is 14.7 Å². The van der Waals surface area contributed by atoms with Crippen LogP contribution in [0.4, 0.5) is 9.52 Å². The molecule has 3 rings (SSSR count). The van der Waals surface area contributed by atoms with Gasteiger partial charge < -0.3 is 4.74 Å². The second-order valence-electron chi connectivity index (χ2n) is 5.59. The van der Waals surface area contributed by atoms with Gasteiger partial charge in [0.15, 0.2) is 11.9 Å². The average molecular weight is 392 g/mol. The van der Waals surface area contributed by atoms with Gasteiger partial charge in [-0.15, -0.1) is 0 Å². The highest BCUT2D eigenvalue weighted by Gasteiger charge is 2.17. The summed E-state index contributed by atoms with van der Waals surface area (Å²) in [6, 6.07) is 11.0. The van der Waals surface area contributed by atoms with Crippen molar-refractivity contribution in [1.29, 1.82) is 0 Å². The predicted molar refractivity (Wildman–Crippen MR) is 100 cm³/mol. The molecule has 5 nitrogen and oxygen atoms in total. The fourth-order valence-electron chi connectivity index (χ4n) is 2.15. The molecule has 8 heteroatoms. The number of aryl methyl sites for hydroxylation is 1. The van der Waals surface area contributed by atoms with Gasteiger partial charge in [0.05, 0.1) is 0 Å². The summed E-state index contributed by atoms with van der Waals surface area (Å²) in [5.41, 5.74) is 1.54. The molecule has 0 aliphatic rings. The van der Waals surface area contributed by atoms with Gasteiger partial charge in [-0.3, -0.25) is 10.1 Å². The number of nitrogens with zero attached hydrogens (tertiary/aromatic N) is 2. The van der Waals surface area contributed by atoms with E-state index in [0.717, 1.165) is 17.1 Å². The molecule has 0 radical (unpaired) electrons. The van der Waals surface area contributed by atoms with Crippen LogP contribution in [0.1, 0.15) is 12.5 Å². The van der Waals surface area contributed by atoms with E-state index in [4.69, 9.17) is 16.3 Å². The van der Waals surface area contributed by atoms with E-state index < -0.39 is 6.10 Å². The lowest BCUT2D eigenvalue weighted by Gasteiger charge is -2.14. The average Bonchev–Trinajstić information content (AvgIpc) is 3.07. The fourth-order valence-corrected chi connectivity index (χ4v) is 2.86. The monoisotopic (exact) mass is 391 g/mol. The van der Waals surface area contributed by atoms with Crippen molar-refractivity contribution in [3.63, 3.8) is 0 Å². The third-order valence-corrected chi connectivity index (χ3v) is 4.62. The fraction of sp³-hybridized carbons (Fsp3) is 0.167. The molecule has 0 bridgehead atoms. The van der Waals surface area contributed by atoms with Crippen molar-refractivity contribution in [2.45, 2.75) is 20.0 Å². The number of ether oxygens (including phenoxy) is 1. The topological polar surface area (TPSA) is 64.1 Å². The number of nitrogens with one attached hydrogen (secondary N) is 1. The lowest BCUT2D eigenvalue weighted by Crippen LogP contribution is -2.30. The number of amides is 1. The van der Waals surface area contributed by atoms with Crippen molar-refractivity contribution in [2.24, 2.45) is 0 Å². The number of hydrogen-bond donors (Lipinski definition) is 1. The van der Waals surface area contributed by atoms with Crippen LogP contribution in [0.2, 0.25) is 5.02 Å². The van der Waals surface area contributed by atoms with Gasteiger partial charge in [0.2, 0.25) is 5.13 Å². The number of carbonyl (C=O) groups is 1. The van der Waals surface area contributed by atoms with Gasteiger partial charge >= 0.3 is 0 Å². The molecule has 0 unspecified atom stereocenters. The van der Waals surface area contributed by atoms with E-state index in [9.17, 15) is 9.18 Å². The maximum absolute atomic E-state index is 13.0. The molecule has 0 saturated carbocycles. The van der Waals surface area contributed by atoms with Gasteiger partial charge in [0.25, 0.3) is 5.91 Å². The first-order valence-electron chi connectivity index (χ1n) is 7.75. The van der Waals surface area contributed by atoms with Crippen molar-refractivity contribution in [3.05, 3.63) is 58.9 Å². The van der Waals surface area contributed by atoms with Crippen LogP contribution in [0.25, 0.3) is 11.4 Å². The van der Waals surface area contributed by atoms with Crippen LogP contribution in [-0.2, 0) is 4.79 Å². The van der Waals surface area contributed by atoms with E-state index in [0.29, 0.717) is 27.3 Å². The van der Waals surface area contributed by atoms with E-state index in [1.54, 1.807) is 37.3 Å². The van der Waals surface area contributed by atoms with Gasteiger partial charge in [-0.05, 0) is 61.9 Å². The smallest absolute Gasteiger partial charge is 0.266 e. The zero-order valence-electron chi connectivity index (χ0n) is 14.0. The van der Waals surface area contributed by atoms with Crippen LogP contribution in [0.5, 0.6) is 5.75 Å². The van der Waals surface area contributed by atoms with Gasteiger partial charge in [-0.2, -0.15) is 9.36 Å². The molecule has 2 aromatic carbocycles. The molecular formula is C18H15ClFN3O2S. The quantitative estimate of drug-likeness (QED) is 0.684. The highest BCUT2D eigenvalue weighted by atomic mass is 35.5. The molecule has 1 heterocycles. The minimum absolute atomic E-state index is 0.332. The lowest BCUT2D eigenvalue weighted by atomic mass is 10.2. The van der Waals surface area contributed by atoms with Crippen molar-refractivity contribution in [3.8, 4) is 17.1 Å². The third-order valence-electron chi connectivity index (χ3n) is 3.57. The van der Waals surface area contributed by atoms with E-state index in [1.807, 2.05) is 6.92 Å². The second kappa shape index (κ2) is 7.80. The first-order chi connectivity index (χ1) is 12.4. The molecule has 0 aliphatic heterocycles. The zero-order valence-corrected chi connectivity index (χ0v) is 15.6. The molecule has 0 spiro atoms. The maximum Gasteiger partial charge on any atom is 0.266 e. The summed E-state index contributed by atoms with van der Waals surface area (Å²) in [7, 11) is 0. The number of anilines is 1. The van der Waals surface area contributed by atoms with E-state index in [-0.39, 0.29) is 11.7 Å². The SMILES string of the molecule is Cc1cc(O[C@@H](C)C(=O)Nc2nc(-c3ccc(F)cc3)ns2)ccc1Cl. The summed E-state index contributed by atoms with van der Waals surface area (Å²) >= 11 is 7.02. The number of halogens is 2. The molecule has 0 saturated heterocycles. The molecule has 1 amide bonds.